The minimum Gasteiger partial charge on any atom is -0.486 e. The van der Waals surface area contributed by atoms with Crippen LogP contribution >= 0.6 is 23.4 Å². The van der Waals surface area contributed by atoms with Gasteiger partial charge in [-0.2, -0.15) is 0 Å². The number of aromatic nitrogens is 3. The summed E-state index contributed by atoms with van der Waals surface area (Å²) in [6.07, 6.45) is 5.99. The van der Waals surface area contributed by atoms with Crippen molar-refractivity contribution in [2.75, 3.05) is 12.3 Å². The smallest absolute Gasteiger partial charge is 0.233 e. The van der Waals surface area contributed by atoms with Gasteiger partial charge in [-0.15, -0.1) is 10.2 Å². The molecule has 1 aromatic heterocycles. The van der Waals surface area contributed by atoms with Gasteiger partial charge in [0.05, 0.1) is 5.75 Å². The zero-order valence-electron chi connectivity index (χ0n) is 16.4. The predicted octanol–water partition coefficient (Wildman–Crippen LogP) is 4.32. The van der Waals surface area contributed by atoms with Crippen LogP contribution in [0.5, 0.6) is 5.75 Å². The molecule has 152 valence electrons. The Hall–Kier alpha value is -1.73. The number of halogens is 1. The number of benzene rings is 1. The number of rotatable bonds is 8. The largest absolute Gasteiger partial charge is 0.486 e. The normalized spacial score (nSPS) is 14.8. The standard InChI is InChI=1S/C20H27ClN4O2S/c1-3-25(16-7-5-4-6-8-16)19(26)14-28-20-23-22-18(24(20)2)13-27-17-11-9-15(21)10-12-17/h9-12,16H,3-8,13-14H2,1-2H3. The van der Waals surface area contributed by atoms with Crippen LogP contribution in [-0.4, -0.2) is 43.9 Å². The molecule has 1 aliphatic rings. The van der Waals surface area contributed by atoms with Crippen molar-refractivity contribution in [1.82, 2.24) is 19.7 Å². The maximum Gasteiger partial charge on any atom is 0.233 e. The van der Waals surface area contributed by atoms with Crippen molar-refractivity contribution in [2.24, 2.45) is 7.05 Å². The van der Waals surface area contributed by atoms with E-state index in [2.05, 4.69) is 17.1 Å². The molecule has 0 radical (unpaired) electrons. The molecule has 0 aliphatic heterocycles. The average molecular weight is 423 g/mol. The lowest BCUT2D eigenvalue weighted by molar-refractivity contribution is -0.131. The topological polar surface area (TPSA) is 60.3 Å². The van der Waals surface area contributed by atoms with Crippen molar-refractivity contribution in [3.8, 4) is 5.75 Å². The van der Waals surface area contributed by atoms with Crippen molar-refractivity contribution in [1.29, 1.82) is 0 Å². The molecule has 28 heavy (non-hydrogen) atoms. The number of thioether (sulfide) groups is 1. The second-order valence-corrected chi connectivity index (χ2v) is 8.34. The van der Waals surface area contributed by atoms with Crippen molar-refractivity contribution in [2.45, 2.75) is 56.8 Å². The molecule has 1 aromatic carbocycles. The molecule has 8 heteroatoms. The second kappa shape index (κ2) is 10.2. The molecular weight excluding hydrogens is 396 g/mol. The Kier molecular flexibility index (Phi) is 7.62. The SMILES string of the molecule is CCN(C(=O)CSc1nnc(COc2ccc(Cl)cc2)n1C)C1CCCCC1. The van der Waals surface area contributed by atoms with Crippen molar-refractivity contribution in [3.05, 3.63) is 35.1 Å². The summed E-state index contributed by atoms with van der Waals surface area (Å²) in [5.41, 5.74) is 0. The first kappa shape index (κ1) is 21.0. The summed E-state index contributed by atoms with van der Waals surface area (Å²) in [5.74, 6) is 2.00. The monoisotopic (exact) mass is 422 g/mol. The quantitative estimate of drug-likeness (QED) is 0.593. The molecular formula is C20H27ClN4O2S. The fourth-order valence-electron chi connectivity index (χ4n) is 3.52. The lowest BCUT2D eigenvalue weighted by atomic mass is 9.94. The summed E-state index contributed by atoms with van der Waals surface area (Å²) < 4.78 is 7.62. The van der Waals surface area contributed by atoms with Gasteiger partial charge in [-0.1, -0.05) is 42.6 Å². The molecule has 0 atom stereocenters. The third-order valence-electron chi connectivity index (χ3n) is 5.11. The first-order valence-electron chi connectivity index (χ1n) is 9.77. The van der Waals surface area contributed by atoms with Crippen LogP contribution in [0.1, 0.15) is 44.9 Å². The molecule has 0 bridgehead atoms. The molecule has 0 unspecified atom stereocenters. The van der Waals surface area contributed by atoms with Crippen molar-refractivity contribution < 1.29 is 9.53 Å². The summed E-state index contributed by atoms with van der Waals surface area (Å²) in [4.78, 5) is 14.8. The van der Waals surface area contributed by atoms with Crippen LogP contribution in [0, 0.1) is 0 Å². The zero-order valence-corrected chi connectivity index (χ0v) is 18.0. The van der Waals surface area contributed by atoms with E-state index in [4.69, 9.17) is 16.3 Å². The molecule has 0 saturated heterocycles. The molecule has 2 aromatic rings. The second-order valence-electron chi connectivity index (χ2n) is 6.96. The number of ether oxygens (including phenoxy) is 1. The molecule has 0 spiro atoms. The summed E-state index contributed by atoms with van der Waals surface area (Å²) in [6, 6.07) is 7.60. The molecule has 3 rings (SSSR count). The van der Waals surface area contributed by atoms with Gasteiger partial charge < -0.3 is 14.2 Å². The minimum atomic E-state index is 0.182. The van der Waals surface area contributed by atoms with E-state index >= 15 is 0 Å². The van der Waals surface area contributed by atoms with E-state index in [0.29, 0.717) is 29.2 Å². The molecule has 1 heterocycles. The van der Waals surface area contributed by atoms with Crippen LogP contribution in [0.3, 0.4) is 0 Å². The van der Waals surface area contributed by atoms with Gasteiger partial charge in [-0.3, -0.25) is 4.79 Å². The van der Waals surface area contributed by atoms with Gasteiger partial charge in [-0.05, 0) is 44.0 Å². The molecule has 1 saturated carbocycles. The lowest BCUT2D eigenvalue weighted by Gasteiger charge is -2.33. The van der Waals surface area contributed by atoms with E-state index in [9.17, 15) is 4.79 Å². The van der Waals surface area contributed by atoms with Crippen molar-refractivity contribution in [3.63, 3.8) is 0 Å². The van der Waals surface area contributed by atoms with Gasteiger partial charge in [0.15, 0.2) is 11.0 Å². The Morgan fingerprint density at radius 1 is 1.25 bits per heavy atom. The fourth-order valence-corrected chi connectivity index (χ4v) is 4.46. The first-order chi connectivity index (χ1) is 13.6. The van der Waals surface area contributed by atoms with Crippen LogP contribution in [0.15, 0.2) is 29.4 Å². The highest BCUT2D eigenvalue weighted by Gasteiger charge is 2.24. The average Bonchev–Trinajstić information content (AvgIpc) is 3.07. The number of hydrogen-bond donors (Lipinski definition) is 0. The van der Waals surface area contributed by atoms with Crippen LogP contribution in [0.4, 0.5) is 0 Å². The Balaban J connectivity index is 1.53. The van der Waals surface area contributed by atoms with Crippen LogP contribution in [0.25, 0.3) is 0 Å². The van der Waals surface area contributed by atoms with E-state index < -0.39 is 0 Å². The summed E-state index contributed by atoms with van der Waals surface area (Å²) in [5, 5.41) is 9.81. The van der Waals surface area contributed by atoms with Gasteiger partial charge in [0.2, 0.25) is 5.91 Å². The maximum atomic E-state index is 12.7. The number of hydrogen-bond acceptors (Lipinski definition) is 5. The molecule has 1 aliphatic carbocycles. The van der Waals surface area contributed by atoms with Gasteiger partial charge in [0, 0.05) is 24.7 Å². The van der Waals surface area contributed by atoms with E-state index in [-0.39, 0.29) is 5.91 Å². The fraction of sp³-hybridized carbons (Fsp3) is 0.550. The highest BCUT2D eigenvalue weighted by Crippen LogP contribution is 2.24. The number of carbonyl (C=O) groups is 1. The van der Waals surface area contributed by atoms with Gasteiger partial charge in [-0.25, -0.2) is 0 Å². The number of amides is 1. The molecule has 0 N–H and O–H groups in total. The Morgan fingerprint density at radius 2 is 1.96 bits per heavy atom. The highest BCUT2D eigenvalue weighted by molar-refractivity contribution is 7.99. The van der Waals surface area contributed by atoms with E-state index in [1.54, 1.807) is 12.1 Å². The van der Waals surface area contributed by atoms with Crippen LogP contribution in [-0.2, 0) is 18.4 Å². The predicted molar refractivity (Wildman–Crippen MR) is 112 cm³/mol. The molecule has 1 fully saturated rings. The van der Waals surface area contributed by atoms with E-state index in [1.165, 1.54) is 31.0 Å². The first-order valence-corrected chi connectivity index (χ1v) is 11.1. The Labute approximate surface area is 175 Å². The van der Waals surface area contributed by atoms with Crippen molar-refractivity contribution >= 4 is 29.3 Å². The third kappa shape index (κ3) is 5.41. The minimum absolute atomic E-state index is 0.182. The number of nitrogens with zero attached hydrogens (tertiary/aromatic N) is 4. The van der Waals surface area contributed by atoms with Gasteiger partial charge in [0.25, 0.3) is 0 Å². The molecule has 6 nitrogen and oxygen atoms in total. The summed E-state index contributed by atoms with van der Waals surface area (Å²) in [7, 11) is 1.89. The summed E-state index contributed by atoms with van der Waals surface area (Å²) >= 11 is 7.32. The Bertz CT molecular complexity index is 775. The van der Waals surface area contributed by atoms with E-state index in [0.717, 1.165) is 30.3 Å². The zero-order chi connectivity index (χ0) is 19.9. The summed E-state index contributed by atoms with van der Waals surface area (Å²) in [6.45, 7) is 3.14. The molecule has 1 amide bonds. The lowest BCUT2D eigenvalue weighted by Crippen LogP contribution is -2.42. The highest BCUT2D eigenvalue weighted by atomic mass is 35.5. The van der Waals surface area contributed by atoms with Crippen LogP contribution in [0.2, 0.25) is 5.02 Å². The number of carbonyl (C=O) groups excluding carboxylic acids is 1. The van der Waals surface area contributed by atoms with Crippen LogP contribution < -0.4 is 4.74 Å². The Morgan fingerprint density at radius 3 is 2.64 bits per heavy atom. The van der Waals surface area contributed by atoms with Gasteiger partial charge in [0.1, 0.15) is 12.4 Å². The van der Waals surface area contributed by atoms with Gasteiger partial charge >= 0.3 is 0 Å². The van der Waals surface area contributed by atoms with E-state index in [1.807, 2.05) is 28.6 Å². The third-order valence-corrected chi connectivity index (χ3v) is 6.36. The maximum absolute atomic E-state index is 12.7.